The molecule has 2 heterocycles. The van der Waals surface area contributed by atoms with Crippen LogP contribution in [-0.4, -0.2) is 9.97 Å². The van der Waals surface area contributed by atoms with Gasteiger partial charge in [-0.3, -0.25) is 4.98 Å². The Balaban J connectivity index is 2.04. The molecule has 0 aromatic carbocycles. The number of nitrogens with two attached hydrogens (primary N) is 1. The van der Waals surface area contributed by atoms with Crippen LogP contribution in [0.5, 0.6) is 0 Å². The molecule has 0 bridgehead atoms. The van der Waals surface area contributed by atoms with Gasteiger partial charge in [0.1, 0.15) is 10.7 Å². The van der Waals surface area contributed by atoms with Gasteiger partial charge in [0, 0.05) is 28.3 Å². The van der Waals surface area contributed by atoms with Crippen LogP contribution in [0.25, 0.3) is 11.3 Å². The highest BCUT2D eigenvalue weighted by Crippen LogP contribution is 2.45. The second-order valence-electron chi connectivity index (χ2n) is 3.93. The summed E-state index contributed by atoms with van der Waals surface area (Å²) in [6.07, 6.45) is 6.06. The minimum atomic E-state index is 0.654. The van der Waals surface area contributed by atoms with Crippen molar-refractivity contribution in [2.24, 2.45) is 0 Å². The van der Waals surface area contributed by atoms with E-state index in [0.29, 0.717) is 5.92 Å². The summed E-state index contributed by atoms with van der Waals surface area (Å²) in [5, 5.41) is 1.97. The summed E-state index contributed by atoms with van der Waals surface area (Å²) in [6.45, 7) is 0. The Kier molecular flexibility index (Phi) is 2.44. The van der Waals surface area contributed by atoms with E-state index in [2.05, 4.69) is 25.9 Å². The standard InChI is InChI=1S/C11H10BrN3S/c12-8-3-7(4-14-5-8)9-10(13)16-11(15-9)6-1-2-6/h3-6H,1-2,13H2. The Morgan fingerprint density at radius 3 is 2.88 bits per heavy atom. The molecule has 0 amide bonds. The molecular weight excluding hydrogens is 286 g/mol. The van der Waals surface area contributed by atoms with E-state index in [0.717, 1.165) is 20.7 Å². The third-order valence-electron chi connectivity index (χ3n) is 2.57. The van der Waals surface area contributed by atoms with Crippen molar-refractivity contribution in [3.05, 3.63) is 27.9 Å². The highest BCUT2D eigenvalue weighted by Gasteiger charge is 2.28. The van der Waals surface area contributed by atoms with Gasteiger partial charge in [-0.15, -0.1) is 11.3 Å². The van der Waals surface area contributed by atoms with Crippen LogP contribution in [0.2, 0.25) is 0 Å². The molecule has 1 saturated carbocycles. The van der Waals surface area contributed by atoms with Gasteiger partial charge in [-0.25, -0.2) is 4.98 Å². The van der Waals surface area contributed by atoms with E-state index in [4.69, 9.17) is 5.73 Å². The number of nitrogen functional groups attached to an aromatic ring is 1. The average molecular weight is 296 g/mol. The van der Waals surface area contributed by atoms with Crippen LogP contribution in [0, 0.1) is 0 Å². The summed E-state index contributed by atoms with van der Waals surface area (Å²) in [6, 6.07) is 2.00. The molecule has 3 nitrogen and oxygen atoms in total. The fourth-order valence-corrected chi connectivity index (χ4v) is 2.99. The van der Waals surface area contributed by atoms with Gasteiger partial charge in [0.2, 0.25) is 0 Å². The van der Waals surface area contributed by atoms with Crippen LogP contribution < -0.4 is 5.73 Å². The van der Waals surface area contributed by atoms with Crippen LogP contribution >= 0.6 is 27.3 Å². The Labute approximate surface area is 106 Å². The third kappa shape index (κ3) is 1.85. The molecule has 0 saturated heterocycles. The Morgan fingerprint density at radius 2 is 2.19 bits per heavy atom. The molecule has 82 valence electrons. The van der Waals surface area contributed by atoms with Crippen molar-refractivity contribution in [1.82, 2.24) is 9.97 Å². The lowest BCUT2D eigenvalue weighted by atomic mass is 10.2. The Morgan fingerprint density at radius 1 is 1.38 bits per heavy atom. The van der Waals surface area contributed by atoms with Gasteiger partial charge in [-0.05, 0) is 34.8 Å². The zero-order valence-corrected chi connectivity index (χ0v) is 10.9. The molecule has 2 N–H and O–H groups in total. The van der Waals surface area contributed by atoms with Crippen LogP contribution in [0.3, 0.4) is 0 Å². The minimum absolute atomic E-state index is 0.654. The van der Waals surface area contributed by atoms with E-state index >= 15 is 0 Å². The van der Waals surface area contributed by atoms with Crippen molar-refractivity contribution in [2.75, 3.05) is 5.73 Å². The molecule has 5 heteroatoms. The van der Waals surface area contributed by atoms with Crippen LogP contribution in [0.4, 0.5) is 5.00 Å². The minimum Gasteiger partial charge on any atom is -0.389 e. The maximum absolute atomic E-state index is 6.00. The maximum atomic E-state index is 6.00. The number of thiazole rings is 1. The van der Waals surface area contributed by atoms with Crippen LogP contribution in [0.15, 0.2) is 22.9 Å². The number of aromatic nitrogens is 2. The van der Waals surface area contributed by atoms with E-state index < -0.39 is 0 Å². The predicted molar refractivity (Wildman–Crippen MR) is 69.4 cm³/mol. The Bertz CT molecular complexity index is 534. The third-order valence-corrected chi connectivity index (χ3v) is 4.06. The summed E-state index contributed by atoms with van der Waals surface area (Å²) in [4.78, 5) is 8.75. The largest absolute Gasteiger partial charge is 0.389 e. The molecule has 0 aliphatic heterocycles. The summed E-state index contributed by atoms with van der Waals surface area (Å²) < 4.78 is 0.949. The zero-order valence-electron chi connectivity index (χ0n) is 8.48. The van der Waals surface area contributed by atoms with E-state index in [9.17, 15) is 0 Å². The number of nitrogens with zero attached hydrogens (tertiary/aromatic N) is 2. The topological polar surface area (TPSA) is 51.8 Å². The van der Waals surface area contributed by atoms with Crippen molar-refractivity contribution in [3.63, 3.8) is 0 Å². The summed E-state index contributed by atoms with van der Waals surface area (Å²) in [7, 11) is 0. The monoisotopic (exact) mass is 295 g/mol. The highest BCUT2D eigenvalue weighted by molar-refractivity contribution is 9.10. The quantitative estimate of drug-likeness (QED) is 0.923. The van der Waals surface area contributed by atoms with Gasteiger partial charge in [-0.1, -0.05) is 0 Å². The summed E-state index contributed by atoms with van der Waals surface area (Å²) in [5.41, 5.74) is 7.86. The van der Waals surface area contributed by atoms with E-state index in [1.54, 1.807) is 23.7 Å². The SMILES string of the molecule is Nc1sc(C2CC2)nc1-c1cncc(Br)c1. The smallest absolute Gasteiger partial charge is 0.114 e. The lowest BCUT2D eigenvalue weighted by Crippen LogP contribution is -1.87. The first-order valence-corrected chi connectivity index (χ1v) is 6.72. The first-order chi connectivity index (χ1) is 7.74. The van der Waals surface area contributed by atoms with E-state index in [1.165, 1.54) is 17.8 Å². The molecule has 16 heavy (non-hydrogen) atoms. The lowest BCUT2D eigenvalue weighted by Gasteiger charge is -1.97. The van der Waals surface area contributed by atoms with Crippen LogP contribution in [0.1, 0.15) is 23.8 Å². The van der Waals surface area contributed by atoms with Gasteiger partial charge in [-0.2, -0.15) is 0 Å². The molecule has 2 aromatic heterocycles. The van der Waals surface area contributed by atoms with Gasteiger partial charge in [0.25, 0.3) is 0 Å². The molecule has 0 atom stereocenters. The highest BCUT2D eigenvalue weighted by atomic mass is 79.9. The second-order valence-corrected chi connectivity index (χ2v) is 5.91. The normalized spacial score (nSPS) is 15.3. The molecule has 1 aliphatic rings. The maximum Gasteiger partial charge on any atom is 0.114 e. The molecule has 3 rings (SSSR count). The number of rotatable bonds is 2. The molecular formula is C11H10BrN3S. The number of halogens is 1. The van der Waals surface area contributed by atoms with E-state index in [-0.39, 0.29) is 0 Å². The summed E-state index contributed by atoms with van der Waals surface area (Å²) in [5.74, 6) is 0.654. The first-order valence-electron chi connectivity index (χ1n) is 5.11. The number of hydrogen-bond donors (Lipinski definition) is 1. The Hall–Kier alpha value is -0.940. The van der Waals surface area contributed by atoms with Crippen molar-refractivity contribution in [1.29, 1.82) is 0 Å². The number of pyridine rings is 1. The molecule has 2 aromatic rings. The molecule has 0 radical (unpaired) electrons. The molecule has 1 fully saturated rings. The van der Waals surface area contributed by atoms with Crippen molar-refractivity contribution >= 4 is 32.3 Å². The van der Waals surface area contributed by atoms with Crippen molar-refractivity contribution in [2.45, 2.75) is 18.8 Å². The predicted octanol–water partition coefficient (Wildman–Crippen LogP) is 3.43. The van der Waals surface area contributed by atoms with Gasteiger partial charge < -0.3 is 5.73 Å². The zero-order chi connectivity index (χ0) is 11.1. The van der Waals surface area contributed by atoms with E-state index in [1.807, 2.05) is 6.07 Å². The number of anilines is 1. The lowest BCUT2D eigenvalue weighted by molar-refractivity contribution is 1.08. The first kappa shape index (κ1) is 10.2. The van der Waals surface area contributed by atoms with Gasteiger partial charge in [0.15, 0.2) is 0 Å². The fraction of sp³-hybridized carbons (Fsp3) is 0.273. The summed E-state index contributed by atoms with van der Waals surface area (Å²) >= 11 is 5.01. The van der Waals surface area contributed by atoms with Crippen LogP contribution in [-0.2, 0) is 0 Å². The number of hydrogen-bond acceptors (Lipinski definition) is 4. The fourth-order valence-electron chi connectivity index (χ4n) is 1.60. The molecule has 1 aliphatic carbocycles. The second kappa shape index (κ2) is 3.82. The van der Waals surface area contributed by atoms with Gasteiger partial charge >= 0.3 is 0 Å². The van der Waals surface area contributed by atoms with Crippen molar-refractivity contribution < 1.29 is 0 Å². The van der Waals surface area contributed by atoms with Crippen molar-refractivity contribution in [3.8, 4) is 11.3 Å². The van der Waals surface area contributed by atoms with Gasteiger partial charge in [0.05, 0.1) is 5.01 Å². The molecule has 0 unspecified atom stereocenters. The molecule has 0 spiro atoms. The average Bonchev–Trinajstić information content (AvgIpc) is 3.02.